The Morgan fingerprint density at radius 3 is 2.48 bits per heavy atom. The highest BCUT2D eigenvalue weighted by atomic mass is 16.4. The minimum absolute atomic E-state index is 0.0535. The number of carbonyl (C=O) groups is 2. The van der Waals surface area contributed by atoms with Crippen molar-refractivity contribution in [1.82, 2.24) is 9.47 Å². The standard InChI is InChI=1S/C20H21N3O4/c1-22(2)19(25)14-7-4-13(5-8-14)6-11-18(24)21-15-9-10-16-17(12-15)27-20(26)23(16)3/h4-5,7-10,12H,6,11H2,1-3H3,(H,21,24). The summed E-state index contributed by atoms with van der Waals surface area (Å²) < 4.78 is 6.53. The minimum atomic E-state index is -0.440. The molecule has 0 radical (unpaired) electrons. The fourth-order valence-electron chi connectivity index (χ4n) is 2.77. The first-order valence-corrected chi connectivity index (χ1v) is 8.55. The summed E-state index contributed by atoms with van der Waals surface area (Å²) in [5, 5.41) is 2.81. The molecular formula is C20H21N3O4. The molecule has 0 spiro atoms. The normalized spacial score (nSPS) is 10.8. The topological polar surface area (TPSA) is 84.6 Å². The molecule has 0 atom stereocenters. The second-order valence-electron chi connectivity index (χ2n) is 6.55. The number of hydrogen-bond acceptors (Lipinski definition) is 4. The number of hydrogen-bond donors (Lipinski definition) is 1. The fraction of sp³-hybridized carbons (Fsp3) is 0.250. The van der Waals surface area contributed by atoms with Gasteiger partial charge in [-0.3, -0.25) is 14.2 Å². The predicted molar refractivity (Wildman–Crippen MR) is 103 cm³/mol. The molecule has 0 aliphatic carbocycles. The van der Waals surface area contributed by atoms with E-state index < -0.39 is 5.76 Å². The second kappa shape index (κ2) is 7.49. The van der Waals surface area contributed by atoms with E-state index in [9.17, 15) is 14.4 Å². The molecule has 27 heavy (non-hydrogen) atoms. The minimum Gasteiger partial charge on any atom is -0.408 e. The smallest absolute Gasteiger partial charge is 0.408 e. The number of carbonyl (C=O) groups excluding carboxylic acids is 2. The number of aromatic nitrogens is 1. The lowest BCUT2D eigenvalue weighted by Gasteiger charge is -2.10. The molecule has 0 saturated carbocycles. The van der Waals surface area contributed by atoms with Gasteiger partial charge in [0.1, 0.15) is 0 Å². The molecule has 2 amide bonds. The van der Waals surface area contributed by atoms with E-state index in [-0.39, 0.29) is 11.8 Å². The zero-order chi connectivity index (χ0) is 19.6. The molecule has 7 heteroatoms. The van der Waals surface area contributed by atoms with Crippen molar-refractivity contribution < 1.29 is 14.0 Å². The van der Waals surface area contributed by atoms with Crippen LogP contribution in [0.2, 0.25) is 0 Å². The van der Waals surface area contributed by atoms with Gasteiger partial charge in [-0.05, 0) is 36.2 Å². The summed E-state index contributed by atoms with van der Waals surface area (Å²) in [5.74, 6) is -0.631. The molecule has 3 aromatic rings. The molecule has 1 N–H and O–H groups in total. The Morgan fingerprint density at radius 2 is 1.81 bits per heavy atom. The van der Waals surface area contributed by atoms with E-state index in [1.54, 1.807) is 51.5 Å². The number of aryl methyl sites for hydroxylation is 2. The molecule has 7 nitrogen and oxygen atoms in total. The van der Waals surface area contributed by atoms with Crippen LogP contribution in [-0.4, -0.2) is 35.4 Å². The van der Waals surface area contributed by atoms with Gasteiger partial charge in [0, 0.05) is 44.9 Å². The van der Waals surface area contributed by atoms with E-state index in [1.165, 1.54) is 9.47 Å². The molecule has 140 valence electrons. The third-order valence-electron chi connectivity index (χ3n) is 4.32. The van der Waals surface area contributed by atoms with Crippen LogP contribution in [0.3, 0.4) is 0 Å². The van der Waals surface area contributed by atoms with E-state index in [0.717, 1.165) is 5.56 Å². The Balaban J connectivity index is 1.59. The first kappa shape index (κ1) is 18.4. The molecule has 3 rings (SSSR count). The lowest BCUT2D eigenvalue weighted by atomic mass is 10.1. The zero-order valence-corrected chi connectivity index (χ0v) is 15.5. The van der Waals surface area contributed by atoms with Crippen LogP contribution in [-0.2, 0) is 18.3 Å². The molecule has 0 saturated heterocycles. The summed E-state index contributed by atoms with van der Waals surface area (Å²) in [6, 6.07) is 12.3. The van der Waals surface area contributed by atoms with Crippen LogP contribution in [0.5, 0.6) is 0 Å². The Hall–Kier alpha value is -3.35. The highest BCUT2D eigenvalue weighted by Crippen LogP contribution is 2.18. The van der Waals surface area contributed by atoms with Gasteiger partial charge in [0.2, 0.25) is 5.91 Å². The average molecular weight is 367 g/mol. The molecule has 0 bridgehead atoms. The van der Waals surface area contributed by atoms with Crippen molar-refractivity contribution in [2.24, 2.45) is 7.05 Å². The maximum atomic E-state index is 12.2. The summed E-state index contributed by atoms with van der Waals surface area (Å²) in [6.07, 6.45) is 0.864. The van der Waals surface area contributed by atoms with E-state index in [4.69, 9.17) is 4.42 Å². The maximum absolute atomic E-state index is 12.2. The monoisotopic (exact) mass is 367 g/mol. The van der Waals surface area contributed by atoms with Gasteiger partial charge < -0.3 is 14.6 Å². The number of anilines is 1. The van der Waals surface area contributed by atoms with Crippen LogP contribution in [0.1, 0.15) is 22.3 Å². The number of rotatable bonds is 5. The third-order valence-corrected chi connectivity index (χ3v) is 4.32. The lowest BCUT2D eigenvalue weighted by Crippen LogP contribution is -2.21. The van der Waals surface area contributed by atoms with Gasteiger partial charge in [-0.15, -0.1) is 0 Å². The number of fused-ring (bicyclic) bond motifs is 1. The summed E-state index contributed by atoms with van der Waals surface area (Å²) in [6.45, 7) is 0. The van der Waals surface area contributed by atoms with E-state index in [2.05, 4.69) is 5.32 Å². The van der Waals surface area contributed by atoms with Crippen molar-refractivity contribution in [2.45, 2.75) is 12.8 Å². The number of nitrogens with zero attached hydrogens (tertiary/aromatic N) is 2. The van der Waals surface area contributed by atoms with Crippen molar-refractivity contribution in [2.75, 3.05) is 19.4 Å². The molecular weight excluding hydrogens is 346 g/mol. The van der Waals surface area contributed by atoms with Crippen LogP contribution < -0.4 is 11.1 Å². The van der Waals surface area contributed by atoms with E-state index >= 15 is 0 Å². The largest absolute Gasteiger partial charge is 0.419 e. The second-order valence-corrected chi connectivity index (χ2v) is 6.55. The first-order chi connectivity index (χ1) is 12.8. The number of benzene rings is 2. The van der Waals surface area contributed by atoms with Gasteiger partial charge in [0.25, 0.3) is 5.91 Å². The Kier molecular flexibility index (Phi) is 5.12. The Labute approximate surface area is 156 Å². The highest BCUT2D eigenvalue weighted by Gasteiger charge is 2.10. The van der Waals surface area contributed by atoms with Gasteiger partial charge in [0.15, 0.2) is 5.58 Å². The molecule has 0 fully saturated rings. The number of nitrogens with one attached hydrogen (secondary N) is 1. The SMILES string of the molecule is CN(C)C(=O)c1ccc(CCC(=O)Nc2ccc3c(c2)oc(=O)n3C)cc1. The summed E-state index contributed by atoms with van der Waals surface area (Å²) in [5.41, 5.74) is 3.27. The highest BCUT2D eigenvalue weighted by molar-refractivity contribution is 5.94. The van der Waals surface area contributed by atoms with Crippen molar-refractivity contribution in [3.8, 4) is 0 Å². The predicted octanol–water partition coefficient (Wildman–Crippen LogP) is 2.40. The van der Waals surface area contributed by atoms with Crippen LogP contribution in [0.25, 0.3) is 11.1 Å². The van der Waals surface area contributed by atoms with Crippen molar-refractivity contribution in [3.05, 3.63) is 64.1 Å². The average Bonchev–Trinajstić information content (AvgIpc) is 2.93. The summed E-state index contributed by atoms with van der Waals surface area (Å²) >= 11 is 0. The third kappa shape index (κ3) is 4.08. The quantitative estimate of drug-likeness (QED) is 0.750. The van der Waals surface area contributed by atoms with Gasteiger partial charge in [0.05, 0.1) is 5.52 Å². The number of oxazole rings is 1. The van der Waals surface area contributed by atoms with E-state index in [0.29, 0.717) is 35.2 Å². The van der Waals surface area contributed by atoms with Gasteiger partial charge in [-0.2, -0.15) is 0 Å². The Bertz CT molecular complexity index is 1050. The first-order valence-electron chi connectivity index (χ1n) is 8.55. The van der Waals surface area contributed by atoms with Crippen LogP contribution in [0.15, 0.2) is 51.7 Å². The number of amides is 2. The van der Waals surface area contributed by atoms with Gasteiger partial charge in [-0.1, -0.05) is 12.1 Å². The molecule has 0 aliphatic heterocycles. The molecule has 0 aliphatic rings. The van der Waals surface area contributed by atoms with Crippen LogP contribution in [0, 0.1) is 0 Å². The zero-order valence-electron chi connectivity index (χ0n) is 15.5. The summed E-state index contributed by atoms with van der Waals surface area (Å²) in [4.78, 5) is 37.1. The van der Waals surface area contributed by atoms with Gasteiger partial charge >= 0.3 is 5.76 Å². The Morgan fingerprint density at radius 1 is 1.11 bits per heavy atom. The summed E-state index contributed by atoms with van der Waals surface area (Å²) in [7, 11) is 5.04. The lowest BCUT2D eigenvalue weighted by molar-refractivity contribution is -0.116. The van der Waals surface area contributed by atoms with Crippen molar-refractivity contribution >= 4 is 28.6 Å². The van der Waals surface area contributed by atoms with Crippen molar-refractivity contribution in [1.29, 1.82) is 0 Å². The van der Waals surface area contributed by atoms with Crippen LogP contribution in [0.4, 0.5) is 5.69 Å². The molecule has 1 heterocycles. The molecule has 1 aromatic heterocycles. The van der Waals surface area contributed by atoms with Gasteiger partial charge in [-0.25, -0.2) is 4.79 Å². The van der Waals surface area contributed by atoms with Crippen LogP contribution >= 0.6 is 0 Å². The van der Waals surface area contributed by atoms with E-state index in [1.807, 2.05) is 12.1 Å². The molecule has 2 aromatic carbocycles. The fourth-order valence-corrected chi connectivity index (χ4v) is 2.77. The van der Waals surface area contributed by atoms with Crippen molar-refractivity contribution in [3.63, 3.8) is 0 Å². The maximum Gasteiger partial charge on any atom is 0.419 e. The molecule has 0 unspecified atom stereocenters.